The Balaban J connectivity index is 1.66. The van der Waals surface area contributed by atoms with Gasteiger partial charge in [-0.05, 0) is 47.5 Å². The lowest BCUT2D eigenvalue weighted by Gasteiger charge is -2.06. The van der Waals surface area contributed by atoms with Gasteiger partial charge in [0.15, 0.2) is 0 Å². The lowest BCUT2D eigenvalue weighted by Crippen LogP contribution is -1.95. The molecular formula is C21H16O3. The molecule has 0 amide bonds. The summed E-state index contributed by atoms with van der Waals surface area (Å²) in [7, 11) is 0. The first-order chi connectivity index (χ1) is 11.7. The summed E-state index contributed by atoms with van der Waals surface area (Å²) >= 11 is 0. The topological polar surface area (TPSA) is 46.5 Å². The van der Waals surface area contributed by atoms with Crippen LogP contribution in [0.3, 0.4) is 0 Å². The van der Waals surface area contributed by atoms with Gasteiger partial charge < -0.3 is 9.84 Å². The number of ether oxygens (including phenoxy) is 1. The second-order valence-corrected chi connectivity index (χ2v) is 5.24. The van der Waals surface area contributed by atoms with Gasteiger partial charge in [-0.15, -0.1) is 0 Å². The number of rotatable bonds is 5. The van der Waals surface area contributed by atoms with Crippen LogP contribution >= 0.6 is 0 Å². The van der Waals surface area contributed by atoms with E-state index in [9.17, 15) is 4.79 Å². The second kappa shape index (κ2) is 7.29. The van der Waals surface area contributed by atoms with Crippen molar-refractivity contribution in [2.24, 2.45) is 0 Å². The van der Waals surface area contributed by atoms with Crippen molar-refractivity contribution < 1.29 is 14.6 Å². The normalized spacial score (nSPS) is 10.7. The molecule has 118 valence electrons. The molecule has 3 rings (SSSR count). The Bertz CT molecular complexity index is 833. The molecule has 0 aliphatic rings. The van der Waals surface area contributed by atoms with E-state index in [1.807, 2.05) is 48.5 Å². The van der Waals surface area contributed by atoms with Gasteiger partial charge in [-0.2, -0.15) is 0 Å². The minimum atomic E-state index is -0.948. The van der Waals surface area contributed by atoms with Crippen LogP contribution in [0.2, 0.25) is 0 Å². The van der Waals surface area contributed by atoms with Crippen molar-refractivity contribution >= 4 is 18.1 Å². The van der Waals surface area contributed by atoms with Crippen LogP contribution in [0.4, 0.5) is 0 Å². The zero-order valence-corrected chi connectivity index (χ0v) is 12.9. The van der Waals surface area contributed by atoms with E-state index in [4.69, 9.17) is 9.84 Å². The molecule has 3 aromatic carbocycles. The predicted octanol–water partition coefficient (Wildman–Crippen LogP) is 5.35. The molecule has 0 saturated heterocycles. The van der Waals surface area contributed by atoms with E-state index in [1.165, 1.54) is 12.1 Å². The van der Waals surface area contributed by atoms with Crippen LogP contribution < -0.4 is 4.74 Å². The van der Waals surface area contributed by atoms with Crippen molar-refractivity contribution in [3.05, 3.63) is 95.6 Å². The second-order valence-electron chi connectivity index (χ2n) is 5.24. The standard InChI is InChI=1S/C21H16O3/c22-21(23)18-10-14-20(15-11-18)24-19-12-8-17(9-13-19)7-6-16-4-2-1-3-5-16/h1-15H,(H,22,23)/b7-6+. The average Bonchev–Trinajstić information content (AvgIpc) is 2.62. The van der Waals surface area contributed by atoms with Gasteiger partial charge in [-0.1, -0.05) is 54.6 Å². The maximum absolute atomic E-state index is 10.8. The van der Waals surface area contributed by atoms with Crippen LogP contribution in [0.1, 0.15) is 21.5 Å². The van der Waals surface area contributed by atoms with Gasteiger partial charge in [0.2, 0.25) is 0 Å². The molecule has 0 aromatic heterocycles. The number of hydrogen-bond donors (Lipinski definition) is 1. The molecule has 0 aliphatic carbocycles. The van der Waals surface area contributed by atoms with Crippen LogP contribution in [0.25, 0.3) is 12.2 Å². The van der Waals surface area contributed by atoms with E-state index >= 15 is 0 Å². The summed E-state index contributed by atoms with van der Waals surface area (Å²) in [6.07, 6.45) is 4.10. The summed E-state index contributed by atoms with van der Waals surface area (Å²) in [5.74, 6) is 0.360. The number of carbonyl (C=O) groups is 1. The lowest BCUT2D eigenvalue weighted by atomic mass is 10.1. The zero-order chi connectivity index (χ0) is 16.8. The first-order valence-electron chi connectivity index (χ1n) is 7.55. The summed E-state index contributed by atoms with van der Waals surface area (Å²) in [6, 6.07) is 24.2. The Labute approximate surface area is 140 Å². The first-order valence-corrected chi connectivity index (χ1v) is 7.55. The largest absolute Gasteiger partial charge is 0.478 e. The van der Waals surface area contributed by atoms with Crippen molar-refractivity contribution in [1.29, 1.82) is 0 Å². The lowest BCUT2D eigenvalue weighted by molar-refractivity contribution is 0.0697. The fourth-order valence-electron chi connectivity index (χ4n) is 2.21. The minimum Gasteiger partial charge on any atom is -0.478 e. The van der Waals surface area contributed by atoms with Gasteiger partial charge >= 0.3 is 5.97 Å². The third-order valence-corrected chi connectivity index (χ3v) is 3.48. The average molecular weight is 316 g/mol. The van der Waals surface area contributed by atoms with Gasteiger partial charge in [0.05, 0.1) is 5.56 Å². The van der Waals surface area contributed by atoms with Gasteiger partial charge in [-0.3, -0.25) is 0 Å². The summed E-state index contributed by atoms with van der Waals surface area (Å²) in [4.78, 5) is 10.8. The molecule has 24 heavy (non-hydrogen) atoms. The zero-order valence-electron chi connectivity index (χ0n) is 12.9. The molecule has 3 nitrogen and oxygen atoms in total. The molecule has 0 aliphatic heterocycles. The van der Waals surface area contributed by atoms with Gasteiger partial charge in [0, 0.05) is 0 Å². The van der Waals surface area contributed by atoms with Crippen LogP contribution in [0.5, 0.6) is 11.5 Å². The van der Waals surface area contributed by atoms with Gasteiger partial charge in [-0.25, -0.2) is 4.79 Å². The molecular weight excluding hydrogens is 300 g/mol. The molecule has 0 spiro atoms. The summed E-state index contributed by atoms with van der Waals surface area (Å²) in [5.41, 5.74) is 2.47. The fourth-order valence-corrected chi connectivity index (χ4v) is 2.21. The highest BCUT2D eigenvalue weighted by Crippen LogP contribution is 2.22. The SMILES string of the molecule is O=C(O)c1ccc(Oc2ccc(/C=C/c3ccccc3)cc2)cc1. The van der Waals surface area contributed by atoms with Crippen molar-refractivity contribution in [1.82, 2.24) is 0 Å². The third kappa shape index (κ3) is 4.11. The van der Waals surface area contributed by atoms with Gasteiger partial charge in [0.25, 0.3) is 0 Å². The predicted molar refractivity (Wildman–Crippen MR) is 95.3 cm³/mol. The first kappa shape index (κ1) is 15.6. The van der Waals surface area contributed by atoms with Crippen LogP contribution in [0, 0.1) is 0 Å². The molecule has 0 fully saturated rings. The van der Waals surface area contributed by atoms with E-state index < -0.39 is 5.97 Å². The maximum Gasteiger partial charge on any atom is 0.335 e. The van der Waals surface area contributed by atoms with Gasteiger partial charge in [0.1, 0.15) is 11.5 Å². The van der Waals surface area contributed by atoms with Crippen LogP contribution in [-0.2, 0) is 0 Å². The molecule has 3 heteroatoms. The van der Waals surface area contributed by atoms with Crippen molar-refractivity contribution in [2.45, 2.75) is 0 Å². The summed E-state index contributed by atoms with van der Waals surface area (Å²) in [5, 5.41) is 8.88. The Morgan fingerprint density at radius 1 is 0.708 bits per heavy atom. The number of aromatic carboxylic acids is 1. The Kier molecular flexibility index (Phi) is 4.73. The molecule has 0 unspecified atom stereocenters. The molecule has 0 radical (unpaired) electrons. The Morgan fingerprint density at radius 2 is 1.21 bits per heavy atom. The van der Waals surface area contributed by atoms with E-state index in [1.54, 1.807) is 12.1 Å². The molecule has 3 aromatic rings. The molecule has 0 bridgehead atoms. The van der Waals surface area contributed by atoms with Crippen molar-refractivity contribution in [3.63, 3.8) is 0 Å². The monoisotopic (exact) mass is 316 g/mol. The highest BCUT2D eigenvalue weighted by molar-refractivity contribution is 5.87. The number of benzene rings is 3. The van der Waals surface area contributed by atoms with Crippen molar-refractivity contribution in [2.75, 3.05) is 0 Å². The molecule has 0 heterocycles. The smallest absolute Gasteiger partial charge is 0.335 e. The number of hydrogen-bond acceptors (Lipinski definition) is 2. The van der Waals surface area contributed by atoms with E-state index in [0.717, 1.165) is 11.1 Å². The minimum absolute atomic E-state index is 0.240. The van der Waals surface area contributed by atoms with Crippen LogP contribution in [0.15, 0.2) is 78.9 Å². The quantitative estimate of drug-likeness (QED) is 0.646. The fraction of sp³-hybridized carbons (Fsp3) is 0. The van der Waals surface area contributed by atoms with Crippen LogP contribution in [-0.4, -0.2) is 11.1 Å². The highest BCUT2D eigenvalue weighted by Gasteiger charge is 2.03. The Morgan fingerprint density at radius 3 is 1.75 bits per heavy atom. The summed E-state index contributed by atoms with van der Waals surface area (Å²) in [6.45, 7) is 0. The van der Waals surface area contributed by atoms with E-state index in [0.29, 0.717) is 11.5 Å². The highest BCUT2D eigenvalue weighted by atomic mass is 16.5. The molecule has 0 atom stereocenters. The third-order valence-electron chi connectivity index (χ3n) is 3.48. The Hall–Kier alpha value is -3.33. The number of carboxylic acid groups (broad SMARTS) is 1. The molecule has 0 saturated carbocycles. The molecule has 1 N–H and O–H groups in total. The summed E-state index contributed by atoms with van der Waals surface area (Å²) < 4.78 is 5.71. The maximum atomic E-state index is 10.8. The van der Waals surface area contributed by atoms with Crippen molar-refractivity contribution in [3.8, 4) is 11.5 Å². The number of carboxylic acids is 1. The van der Waals surface area contributed by atoms with E-state index in [2.05, 4.69) is 18.2 Å². The van der Waals surface area contributed by atoms with E-state index in [-0.39, 0.29) is 5.56 Å².